The standard InChI is InChI=1S/C24H24ClN3O2S/c1-27(31-2)15-17-3-4-19-12-22(8-5-18(19)11-17)28-10-9-23(13-24(28)29)30-16-21-7-6-20(25)14-26-21/h3-4,6-7,9-14H,5,8,15-16H2,1-2H3. The van der Waals surface area contributed by atoms with E-state index in [1.165, 1.54) is 22.8 Å². The van der Waals surface area contributed by atoms with Gasteiger partial charge in [-0.15, -0.1) is 0 Å². The van der Waals surface area contributed by atoms with Gasteiger partial charge in [0.25, 0.3) is 5.56 Å². The SMILES string of the molecule is CSN(C)Cc1ccc2c(c1)CCC(n1ccc(OCc3ccc(Cl)cn3)cc1=O)=C2. The lowest BCUT2D eigenvalue weighted by molar-refractivity contribution is 0.300. The quantitative estimate of drug-likeness (QED) is 0.464. The first-order valence-electron chi connectivity index (χ1n) is 10.1. The average molecular weight is 454 g/mol. The van der Waals surface area contributed by atoms with Gasteiger partial charge in [0.15, 0.2) is 0 Å². The van der Waals surface area contributed by atoms with Gasteiger partial charge < -0.3 is 4.74 Å². The lowest BCUT2D eigenvalue weighted by Gasteiger charge is -2.20. The third kappa shape index (κ3) is 5.39. The molecule has 0 saturated heterocycles. The van der Waals surface area contributed by atoms with Crippen molar-refractivity contribution in [2.75, 3.05) is 13.3 Å². The normalized spacial score (nSPS) is 13.1. The van der Waals surface area contributed by atoms with Crippen LogP contribution in [0, 0.1) is 0 Å². The Labute approximate surface area is 191 Å². The van der Waals surface area contributed by atoms with Crippen molar-refractivity contribution < 1.29 is 4.74 Å². The molecule has 0 unspecified atom stereocenters. The maximum Gasteiger partial charge on any atom is 0.258 e. The lowest BCUT2D eigenvalue weighted by Crippen LogP contribution is -2.19. The van der Waals surface area contributed by atoms with Crippen molar-refractivity contribution in [3.63, 3.8) is 0 Å². The first-order chi connectivity index (χ1) is 15.0. The summed E-state index contributed by atoms with van der Waals surface area (Å²) in [4.78, 5) is 16.9. The zero-order chi connectivity index (χ0) is 21.8. The Balaban J connectivity index is 1.48. The van der Waals surface area contributed by atoms with Crippen molar-refractivity contribution in [3.05, 3.63) is 92.6 Å². The van der Waals surface area contributed by atoms with Crippen molar-refractivity contribution in [1.29, 1.82) is 0 Å². The van der Waals surface area contributed by atoms with Crippen LogP contribution in [-0.4, -0.2) is 27.2 Å². The predicted molar refractivity (Wildman–Crippen MR) is 128 cm³/mol. The van der Waals surface area contributed by atoms with Crippen LogP contribution in [0.2, 0.25) is 5.02 Å². The summed E-state index contributed by atoms with van der Waals surface area (Å²) in [6.45, 7) is 1.20. The molecule has 5 nitrogen and oxygen atoms in total. The molecule has 4 rings (SSSR count). The Morgan fingerprint density at radius 2 is 2.06 bits per heavy atom. The minimum absolute atomic E-state index is 0.102. The molecule has 0 spiro atoms. The summed E-state index contributed by atoms with van der Waals surface area (Å²) in [7, 11) is 2.09. The maximum atomic E-state index is 12.7. The minimum atomic E-state index is -0.102. The van der Waals surface area contributed by atoms with Crippen LogP contribution in [0.1, 0.15) is 28.8 Å². The number of hydrogen-bond donors (Lipinski definition) is 0. The van der Waals surface area contributed by atoms with Crippen LogP contribution in [0.25, 0.3) is 11.8 Å². The molecular formula is C24H24ClN3O2S. The van der Waals surface area contributed by atoms with Crippen LogP contribution < -0.4 is 10.3 Å². The number of pyridine rings is 2. The fraction of sp³-hybridized carbons (Fsp3) is 0.250. The second kappa shape index (κ2) is 9.73. The molecule has 0 fully saturated rings. The van der Waals surface area contributed by atoms with E-state index in [9.17, 15) is 4.79 Å². The summed E-state index contributed by atoms with van der Waals surface area (Å²) in [5.74, 6) is 0.525. The van der Waals surface area contributed by atoms with Crippen LogP contribution in [0.4, 0.5) is 0 Å². The summed E-state index contributed by atoms with van der Waals surface area (Å²) in [5, 5.41) is 0.581. The molecule has 1 aromatic carbocycles. The molecule has 1 aliphatic carbocycles. The van der Waals surface area contributed by atoms with Crippen LogP contribution in [-0.2, 0) is 19.6 Å². The van der Waals surface area contributed by atoms with Crippen molar-refractivity contribution in [1.82, 2.24) is 13.9 Å². The summed E-state index contributed by atoms with van der Waals surface area (Å²) < 4.78 is 9.63. The van der Waals surface area contributed by atoms with Crippen molar-refractivity contribution in [2.24, 2.45) is 0 Å². The van der Waals surface area contributed by atoms with Crippen LogP contribution >= 0.6 is 23.5 Å². The highest BCUT2D eigenvalue weighted by Gasteiger charge is 2.14. The van der Waals surface area contributed by atoms with Gasteiger partial charge in [0.2, 0.25) is 0 Å². The molecule has 7 heteroatoms. The third-order valence-electron chi connectivity index (χ3n) is 5.27. The van der Waals surface area contributed by atoms with Gasteiger partial charge in [0, 0.05) is 30.7 Å². The van der Waals surface area contributed by atoms with E-state index in [-0.39, 0.29) is 12.2 Å². The Morgan fingerprint density at radius 1 is 1.19 bits per heavy atom. The Hall–Kier alpha value is -2.54. The molecule has 0 atom stereocenters. The maximum absolute atomic E-state index is 12.7. The summed E-state index contributed by atoms with van der Waals surface area (Å²) in [6.07, 6.45) is 9.30. The van der Waals surface area contributed by atoms with Gasteiger partial charge in [-0.1, -0.05) is 41.7 Å². The van der Waals surface area contributed by atoms with Gasteiger partial charge in [0.1, 0.15) is 12.4 Å². The second-order valence-electron chi connectivity index (χ2n) is 7.46. The van der Waals surface area contributed by atoms with Crippen molar-refractivity contribution in [2.45, 2.75) is 26.0 Å². The van der Waals surface area contributed by atoms with E-state index in [2.05, 4.69) is 46.9 Å². The molecule has 1 aliphatic rings. The van der Waals surface area contributed by atoms with Gasteiger partial charge in [-0.2, -0.15) is 0 Å². The molecule has 0 radical (unpaired) electrons. The van der Waals surface area contributed by atoms with Crippen molar-refractivity contribution in [3.8, 4) is 5.75 Å². The van der Waals surface area contributed by atoms with E-state index >= 15 is 0 Å². The Kier molecular flexibility index (Phi) is 6.80. The zero-order valence-corrected chi connectivity index (χ0v) is 19.1. The summed E-state index contributed by atoms with van der Waals surface area (Å²) >= 11 is 7.57. The number of allylic oxidation sites excluding steroid dienone is 1. The molecule has 2 heterocycles. The molecule has 2 aromatic heterocycles. The number of benzene rings is 1. The number of aryl methyl sites for hydroxylation is 1. The minimum Gasteiger partial charge on any atom is -0.487 e. The molecule has 0 N–H and O–H groups in total. The molecule has 31 heavy (non-hydrogen) atoms. The van der Waals surface area contributed by atoms with Crippen LogP contribution in [0.3, 0.4) is 0 Å². The number of rotatable bonds is 7. The lowest BCUT2D eigenvalue weighted by atomic mass is 9.93. The fourth-order valence-corrected chi connectivity index (χ4v) is 3.97. The number of nitrogens with zero attached hydrogens (tertiary/aromatic N) is 3. The average Bonchev–Trinajstić information content (AvgIpc) is 2.78. The number of hydrogen-bond acceptors (Lipinski definition) is 5. The van der Waals surface area contributed by atoms with Gasteiger partial charge in [-0.25, -0.2) is 4.31 Å². The molecule has 0 amide bonds. The number of ether oxygens (including phenoxy) is 1. The van der Waals surface area contributed by atoms with E-state index < -0.39 is 0 Å². The third-order valence-corrected chi connectivity index (χ3v) is 6.25. The fourth-order valence-electron chi connectivity index (χ4n) is 3.58. The smallest absolute Gasteiger partial charge is 0.258 e. The van der Waals surface area contributed by atoms with Crippen LogP contribution in [0.15, 0.2) is 59.7 Å². The molecule has 0 bridgehead atoms. The van der Waals surface area contributed by atoms with E-state index in [1.54, 1.807) is 41.0 Å². The van der Waals surface area contributed by atoms with Crippen molar-refractivity contribution >= 4 is 35.3 Å². The Bertz CT molecular complexity index is 1160. The largest absolute Gasteiger partial charge is 0.487 e. The number of aromatic nitrogens is 2. The Morgan fingerprint density at radius 3 is 2.81 bits per heavy atom. The van der Waals surface area contributed by atoms with E-state index in [0.717, 1.165) is 30.8 Å². The van der Waals surface area contributed by atoms with E-state index in [4.69, 9.17) is 16.3 Å². The highest BCUT2D eigenvalue weighted by atomic mass is 35.5. The highest BCUT2D eigenvalue weighted by molar-refractivity contribution is 7.96. The first-order valence-corrected chi connectivity index (χ1v) is 11.6. The number of halogens is 1. The van der Waals surface area contributed by atoms with Gasteiger partial charge >= 0.3 is 0 Å². The van der Waals surface area contributed by atoms with Gasteiger partial charge in [-0.05, 0) is 67.1 Å². The first kappa shape index (κ1) is 21.7. The zero-order valence-electron chi connectivity index (χ0n) is 17.5. The van der Waals surface area contributed by atoms with Gasteiger partial charge in [0.05, 0.1) is 10.7 Å². The topological polar surface area (TPSA) is 47.4 Å². The molecule has 160 valence electrons. The van der Waals surface area contributed by atoms with E-state index in [1.807, 2.05) is 6.07 Å². The highest BCUT2D eigenvalue weighted by Crippen LogP contribution is 2.28. The monoisotopic (exact) mass is 453 g/mol. The molecule has 3 aromatic rings. The van der Waals surface area contributed by atoms with Gasteiger partial charge in [-0.3, -0.25) is 14.3 Å². The second-order valence-corrected chi connectivity index (χ2v) is 8.89. The summed E-state index contributed by atoms with van der Waals surface area (Å²) in [5.41, 5.74) is 5.47. The molecule has 0 aliphatic heterocycles. The molecular weight excluding hydrogens is 430 g/mol. The van der Waals surface area contributed by atoms with E-state index in [0.29, 0.717) is 10.8 Å². The predicted octanol–water partition coefficient (Wildman–Crippen LogP) is 5.13. The number of fused-ring (bicyclic) bond motifs is 1. The van der Waals surface area contributed by atoms with Crippen LogP contribution in [0.5, 0.6) is 5.75 Å². The summed E-state index contributed by atoms with van der Waals surface area (Å²) in [6, 6.07) is 13.5. The molecule has 0 saturated carbocycles.